The Morgan fingerprint density at radius 1 is 0.656 bits per heavy atom. The van der Waals surface area contributed by atoms with E-state index >= 15 is 0 Å². The smallest absolute Gasteiger partial charge is 0.307 e. The minimum Gasteiger partial charge on any atom is -0.446 e. The van der Waals surface area contributed by atoms with Crippen LogP contribution >= 0.6 is 0 Å². The lowest BCUT2D eigenvalue weighted by Gasteiger charge is -2.29. The average Bonchev–Trinajstić information content (AvgIpc) is 2.73. The number of esters is 2. The monoisotopic (exact) mass is 452 g/mol. The maximum Gasteiger partial charge on any atom is 0.307 e. The van der Waals surface area contributed by atoms with Crippen LogP contribution in [0.25, 0.3) is 0 Å². The third-order valence-corrected chi connectivity index (χ3v) is 5.22. The fourth-order valence-electron chi connectivity index (χ4n) is 3.36. The zero-order chi connectivity index (χ0) is 24.5. The number of hydrogen-bond donors (Lipinski definition) is 0. The zero-order valence-electron chi connectivity index (χ0n) is 21.8. The largest absolute Gasteiger partial charge is 0.446 e. The van der Waals surface area contributed by atoms with E-state index in [1.807, 2.05) is 0 Å². The molecule has 0 N–H and O–H groups in total. The summed E-state index contributed by atoms with van der Waals surface area (Å²) in [6.45, 7) is 19.8. The number of carbonyl (C=O) groups is 2. The molecular weight excluding hydrogens is 404 g/mol. The van der Waals surface area contributed by atoms with E-state index in [0.717, 1.165) is 26.2 Å². The number of nitrogens with zero attached hydrogens (tertiary/aromatic N) is 2. The Hall–Kier alpha value is -1.66. The summed E-state index contributed by atoms with van der Waals surface area (Å²) in [6.07, 6.45) is 9.06. The van der Waals surface area contributed by atoms with E-state index in [0.29, 0.717) is 24.7 Å². The van der Waals surface area contributed by atoms with E-state index in [-0.39, 0.29) is 37.2 Å². The van der Waals surface area contributed by atoms with Crippen molar-refractivity contribution in [1.82, 2.24) is 9.80 Å². The first kappa shape index (κ1) is 30.3. The van der Waals surface area contributed by atoms with E-state index in [4.69, 9.17) is 9.47 Å². The highest BCUT2D eigenvalue weighted by Gasteiger charge is 2.22. The van der Waals surface area contributed by atoms with Crippen molar-refractivity contribution in [2.45, 2.75) is 93.5 Å². The van der Waals surface area contributed by atoms with Gasteiger partial charge in [0, 0.05) is 12.8 Å². The molecule has 0 spiro atoms. The summed E-state index contributed by atoms with van der Waals surface area (Å²) in [7, 11) is 0. The highest BCUT2D eigenvalue weighted by molar-refractivity contribution is 5.77. The lowest BCUT2D eigenvalue weighted by molar-refractivity contribution is -0.165. The van der Waals surface area contributed by atoms with Gasteiger partial charge in [0.05, 0.1) is 12.8 Å². The molecule has 0 aromatic carbocycles. The number of ether oxygens (including phenoxy) is 2. The molecule has 2 unspecified atom stereocenters. The normalized spacial score (nSPS) is 14.2. The molecule has 0 saturated carbocycles. The number of allylic oxidation sites excluding steroid dienone is 2. The van der Waals surface area contributed by atoms with Crippen LogP contribution in [0, 0.1) is 11.8 Å². The molecule has 0 fully saturated rings. The highest BCUT2D eigenvalue weighted by atomic mass is 16.6. The van der Waals surface area contributed by atoms with Gasteiger partial charge >= 0.3 is 11.9 Å². The lowest BCUT2D eigenvalue weighted by Crippen LogP contribution is -2.39. The second-order valence-electron chi connectivity index (χ2n) is 8.65. The first-order valence-corrected chi connectivity index (χ1v) is 12.4. The third kappa shape index (κ3) is 13.7. The quantitative estimate of drug-likeness (QED) is 0.167. The van der Waals surface area contributed by atoms with E-state index in [1.165, 1.54) is 0 Å². The molecule has 0 amide bonds. The molecule has 6 nitrogen and oxygen atoms in total. The van der Waals surface area contributed by atoms with Crippen molar-refractivity contribution in [3.63, 3.8) is 0 Å². The van der Waals surface area contributed by atoms with Crippen molar-refractivity contribution in [3.05, 3.63) is 24.3 Å². The van der Waals surface area contributed by atoms with Gasteiger partial charge in [-0.3, -0.25) is 19.4 Å². The predicted molar refractivity (Wildman–Crippen MR) is 132 cm³/mol. The Morgan fingerprint density at radius 3 is 1.22 bits per heavy atom. The second kappa shape index (κ2) is 17.8. The van der Waals surface area contributed by atoms with Crippen LogP contribution in [0.3, 0.4) is 0 Å². The van der Waals surface area contributed by atoms with Gasteiger partial charge in [-0.1, -0.05) is 79.7 Å². The molecule has 0 radical (unpaired) electrons. The summed E-state index contributed by atoms with van der Waals surface area (Å²) in [5.74, 6) is 0.172. The summed E-state index contributed by atoms with van der Waals surface area (Å²) in [6, 6.07) is 0. The van der Waals surface area contributed by atoms with Crippen molar-refractivity contribution in [1.29, 1.82) is 0 Å². The molecule has 0 bridgehead atoms. The van der Waals surface area contributed by atoms with Crippen LogP contribution in [-0.2, 0) is 19.1 Å². The van der Waals surface area contributed by atoms with E-state index in [1.54, 1.807) is 0 Å². The van der Waals surface area contributed by atoms with Crippen LogP contribution in [0.1, 0.15) is 81.1 Å². The van der Waals surface area contributed by atoms with E-state index in [9.17, 15) is 9.59 Å². The molecule has 0 aromatic heterocycles. The van der Waals surface area contributed by atoms with Crippen LogP contribution in [0.2, 0.25) is 0 Å². The van der Waals surface area contributed by atoms with Gasteiger partial charge in [-0.05, 0) is 38.0 Å². The first-order chi connectivity index (χ1) is 15.2. The summed E-state index contributed by atoms with van der Waals surface area (Å²) < 4.78 is 11.4. The number of carbonyl (C=O) groups excluding carboxylic acids is 2. The summed E-state index contributed by atoms with van der Waals surface area (Å²) >= 11 is 0. The third-order valence-electron chi connectivity index (χ3n) is 5.22. The Morgan fingerprint density at radius 2 is 0.969 bits per heavy atom. The Bertz CT molecular complexity index is 514. The maximum atomic E-state index is 12.5. The van der Waals surface area contributed by atoms with Crippen LogP contribution < -0.4 is 0 Å². The van der Waals surface area contributed by atoms with Crippen LogP contribution in [0.5, 0.6) is 0 Å². The van der Waals surface area contributed by atoms with Gasteiger partial charge < -0.3 is 9.47 Å². The minimum atomic E-state index is -0.365. The molecule has 0 aliphatic heterocycles. The van der Waals surface area contributed by atoms with Crippen LogP contribution in [-0.4, -0.2) is 60.4 Å². The fraction of sp³-hybridized carbons (Fsp3) is 0.769. The van der Waals surface area contributed by atoms with Crippen molar-refractivity contribution < 1.29 is 19.1 Å². The Balaban J connectivity index is 4.86. The van der Waals surface area contributed by atoms with E-state index in [2.05, 4.69) is 89.5 Å². The summed E-state index contributed by atoms with van der Waals surface area (Å²) in [5, 5.41) is 0. The van der Waals surface area contributed by atoms with Crippen molar-refractivity contribution in [2.24, 2.45) is 11.8 Å². The molecule has 0 saturated heterocycles. The Labute approximate surface area is 197 Å². The zero-order valence-corrected chi connectivity index (χ0v) is 21.8. The van der Waals surface area contributed by atoms with Gasteiger partial charge in [0.25, 0.3) is 0 Å². The molecule has 0 aromatic rings. The molecule has 0 rings (SSSR count). The first-order valence-electron chi connectivity index (χ1n) is 12.4. The van der Waals surface area contributed by atoms with Crippen molar-refractivity contribution >= 4 is 11.9 Å². The summed E-state index contributed by atoms with van der Waals surface area (Å²) in [5.41, 5.74) is 0. The van der Waals surface area contributed by atoms with Gasteiger partial charge in [0.1, 0.15) is 0 Å². The van der Waals surface area contributed by atoms with E-state index < -0.39 is 0 Å². The van der Waals surface area contributed by atoms with Gasteiger partial charge in [-0.15, -0.1) is 0 Å². The SMILES string of the molecule is CCN(CC)C(CC=CC(C)C)OC(=O)CCC(=O)OC(CC=CC(C)C)N(CC)CC. The van der Waals surface area contributed by atoms with Crippen molar-refractivity contribution in [2.75, 3.05) is 26.2 Å². The molecule has 6 heteroatoms. The topological polar surface area (TPSA) is 59.1 Å². The minimum absolute atomic E-state index is 0.0251. The average molecular weight is 453 g/mol. The molecular formula is C26H48N2O4. The molecule has 0 aliphatic rings. The van der Waals surface area contributed by atoms with Crippen LogP contribution in [0.15, 0.2) is 24.3 Å². The summed E-state index contributed by atoms with van der Waals surface area (Å²) in [4.78, 5) is 29.2. The van der Waals surface area contributed by atoms with Gasteiger partial charge in [0.15, 0.2) is 12.5 Å². The Kier molecular flexibility index (Phi) is 16.9. The predicted octanol–water partition coefficient (Wildman–Crippen LogP) is 5.39. The fourth-order valence-corrected chi connectivity index (χ4v) is 3.36. The number of hydrogen-bond acceptors (Lipinski definition) is 6. The molecule has 32 heavy (non-hydrogen) atoms. The highest BCUT2D eigenvalue weighted by Crippen LogP contribution is 2.13. The lowest BCUT2D eigenvalue weighted by atomic mass is 10.2. The van der Waals surface area contributed by atoms with Crippen molar-refractivity contribution in [3.8, 4) is 0 Å². The number of rotatable bonds is 17. The molecule has 0 aliphatic carbocycles. The second-order valence-corrected chi connectivity index (χ2v) is 8.65. The molecule has 186 valence electrons. The van der Waals surface area contributed by atoms with Crippen LogP contribution in [0.4, 0.5) is 0 Å². The van der Waals surface area contributed by atoms with Gasteiger partial charge in [0.2, 0.25) is 0 Å². The maximum absolute atomic E-state index is 12.5. The van der Waals surface area contributed by atoms with Gasteiger partial charge in [-0.2, -0.15) is 0 Å². The molecule has 2 atom stereocenters. The standard InChI is InChI=1S/C26H48N2O4/c1-9-27(10-2)23(17-13-15-21(5)6)31-25(29)19-20-26(30)32-24(28(11-3)12-4)18-14-16-22(7)8/h13-16,21-24H,9-12,17-20H2,1-8H3. The molecule has 0 heterocycles. The van der Waals surface area contributed by atoms with Gasteiger partial charge in [-0.25, -0.2) is 0 Å².